The highest BCUT2D eigenvalue weighted by molar-refractivity contribution is 7.89. The Hall–Kier alpha value is -0.930. The van der Waals surface area contributed by atoms with Crippen LogP contribution in [0.3, 0.4) is 0 Å². The Balaban J connectivity index is 2.59. The topological polar surface area (TPSA) is 83.6 Å². The summed E-state index contributed by atoms with van der Waals surface area (Å²) < 4.78 is 31.7. The van der Waals surface area contributed by atoms with Crippen LogP contribution in [-0.2, 0) is 14.8 Å². The van der Waals surface area contributed by atoms with E-state index < -0.39 is 10.0 Å². The highest BCUT2D eigenvalue weighted by atomic mass is 35.5. The summed E-state index contributed by atoms with van der Waals surface area (Å²) in [5.41, 5.74) is 0. The second-order valence-corrected chi connectivity index (χ2v) is 6.62. The molecule has 0 spiro atoms. The third-order valence-corrected chi connectivity index (χ3v) is 4.54. The van der Waals surface area contributed by atoms with Gasteiger partial charge in [0.15, 0.2) is 0 Å². The Bertz CT molecular complexity index is 553. The number of hydrogen-bond acceptors (Lipinski definition) is 6. The number of anilines is 1. The first kappa shape index (κ1) is 18.1. The number of aromatic nitrogens is 1. The first-order chi connectivity index (χ1) is 9.90. The van der Waals surface area contributed by atoms with E-state index in [0.717, 1.165) is 6.54 Å². The highest BCUT2D eigenvalue weighted by Gasteiger charge is 2.16. The van der Waals surface area contributed by atoms with E-state index in [1.165, 1.54) is 12.3 Å². The van der Waals surface area contributed by atoms with Gasteiger partial charge in [-0.05, 0) is 13.1 Å². The van der Waals surface area contributed by atoms with Gasteiger partial charge in [-0.25, -0.2) is 18.1 Å². The van der Waals surface area contributed by atoms with Gasteiger partial charge in [-0.15, -0.1) is 0 Å². The van der Waals surface area contributed by atoms with E-state index >= 15 is 0 Å². The summed E-state index contributed by atoms with van der Waals surface area (Å²) in [6, 6.07) is 1.37. The fraction of sp³-hybridized carbons (Fsp3) is 0.583. The number of pyridine rings is 1. The predicted octanol–water partition coefficient (Wildman–Crippen LogP) is 0.633. The van der Waals surface area contributed by atoms with Gasteiger partial charge in [0.25, 0.3) is 0 Å². The molecule has 1 aromatic heterocycles. The van der Waals surface area contributed by atoms with Crippen molar-refractivity contribution >= 4 is 27.4 Å². The van der Waals surface area contributed by atoms with Gasteiger partial charge in [0.1, 0.15) is 10.7 Å². The monoisotopic (exact) mass is 336 g/mol. The van der Waals surface area contributed by atoms with Crippen molar-refractivity contribution in [3.63, 3.8) is 0 Å². The van der Waals surface area contributed by atoms with Crippen LogP contribution in [0.2, 0.25) is 5.02 Å². The van der Waals surface area contributed by atoms with Gasteiger partial charge in [0, 0.05) is 40.0 Å². The van der Waals surface area contributed by atoms with E-state index in [1.807, 2.05) is 11.9 Å². The molecule has 0 atom stereocenters. The molecule has 0 aliphatic heterocycles. The summed E-state index contributed by atoms with van der Waals surface area (Å²) in [6.45, 7) is 2.23. The van der Waals surface area contributed by atoms with Crippen LogP contribution in [0.4, 0.5) is 5.82 Å². The van der Waals surface area contributed by atoms with Gasteiger partial charge in [0.2, 0.25) is 10.0 Å². The minimum atomic E-state index is -3.61. The summed E-state index contributed by atoms with van der Waals surface area (Å²) in [7, 11) is 1.58. The average molecular weight is 337 g/mol. The van der Waals surface area contributed by atoms with Crippen molar-refractivity contribution in [2.75, 3.05) is 52.8 Å². The second-order valence-electron chi connectivity index (χ2n) is 4.45. The molecule has 120 valence electrons. The van der Waals surface area contributed by atoms with E-state index in [0.29, 0.717) is 25.5 Å². The Morgan fingerprint density at radius 2 is 2.14 bits per heavy atom. The molecule has 9 heteroatoms. The lowest BCUT2D eigenvalue weighted by molar-refractivity contribution is 0.162. The van der Waals surface area contributed by atoms with E-state index in [9.17, 15) is 8.42 Å². The summed E-state index contributed by atoms with van der Waals surface area (Å²) >= 11 is 5.94. The van der Waals surface area contributed by atoms with E-state index in [4.69, 9.17) is 16.3 Å². The summed E-state index contributed by atoms with van der Waals surface area (Å²) in [5.74, 6) is 0.440. The molecule has 1 rings (SSSR count). The molecule has 0 unspecified atom stereocenters. The molecule has 21 heavy (non-hydrogen) atoms. The fourth-order valence-electron chi connectivity index (χ4n) is 1.56. The van der Waals surface area contributed by atoms with Crippen molar-refractivity contribution in [1.29, 1.82) is 0 Å². The zero-order chi connectivity index (χ0) is 15.9. The predicted molar refractivity (Wildman–Crippen MR) is 83.4 cm³/mol. The van der Waals surface area contributed by atoms with Crippen LogP contribution in [0.25, 0.3) is 0 Å². The zero-order valence-electron chi connectivity index (χ0n) is 12.4. The molecule has 0 radical (unpaired) electrons. The smallest absolute Gasteiger partial charge is 0.242 e. The molecule has 2 N–H and O–H groups in total. The Kier molecular flexibility index (Phi) is 7.33. The number of hydrogen-bond donors (Lipinski definition) is 2. The minimum Gasteiger partial charge on any atom is -0.383 e. The molecule has 0 saturated carbocycles. The summed E-state index contributed by atoms with van der Waals surface area (Å²) in [4.78, 5) is 5.98. The normalized spacial score (nSPS) is 11.9. The Morgan fingerprint density at radius 1 is 1.43 bits per heavy atom. The maximum Gasteiger partial charge on any atom is 0.242 e. The van der Waals surface area contributed by atoms with Crippen LogP contribution < -0.4 is 10.0 Å². The van der Waals surface area contributed by atoms with Gasteiger partial charge in [-0.2, -0.15) is 0 Å². The number of sulfonamides is 1. The lowest BCUT2D eigenvalue weighted by Crippen LogP contribution is -2.34. The second kappa shape index (κ2) is 8.50. The van der Waals surface area contributed by atoms with Gasteiger partial charge < -0.3 is 15.0 Å². The SMILES string of the molecule is CNc1ncc(S(=O)(=O)NCCN(C)CCOC)cc1Cl. The van der Waals surface area contributed by atoms with Crippen molar-refractivity contribution in [3.8, 4) is 0 Å². The molecule has 0 fully saturated rings. The van der Waals surface area contributed by atoms with Crippen molar-refractivity contribution in [2.45, 2.75) is 4.90 Å². The van der Waals surface area contributed by atoms with Gasteiger partial charge in [-0.3, -0.25) is 0 Å². The van der Waals surface area contributed by atoms with Crippen LogP contribution in [-0.4, -0.2) is 65.7 Å². The Morgan fingerprint density at radius 3 is 2.71 bits per heavy atom. The molecule has 0 amide bonds. The third kappa shape index (κ3) is 5.76. The van der Waals surface area contributed by atoms with E-state index in [2.05, 4.69) is 15.0 Å². The number of ether oxygens (including phenoxy) is 1. The zero-order valence-corrected chi connectivity index (χ0v) is 14.0. The fourth-order valence-corrected chi connectivity index (χ4v) is 2.88. The molecule has 1 heterocycles. The van der Waals surface area contributed by atoms with Crippen LogP contribution in [0.15, 0.2) is 17.2 Å². The largest absolute Gasteiger partial charge is 0.383 e. The number of methoxy groups -OCH3 is 1. The van der Waals surface area contributed by atoms with Crippen LogP contribution in [0.1, 0.15) is 0 Å². The third-order valence-electron chi connectivity index (χ3n) is 2.83. The standard InChI is InChI=1S/C12H21ClN4O3S/c1-14-12-11(13)8-10(9-15-12)21(18,19)16-4-5-17(2)6-7-20-3/h8-9,16H,4-7H2,1-3H3,(H,14,15). The van der Waals surface area contributed by atoms with Crippen molar-refractivity contribution in [1.82, 2.24) is 14.6 Å². The lowest BCUT2D eigenvalue weighted by atomic mass is 10.4. The van der Waals surface area contributed by atoms with Crippen LogP contribution in [0, 0.1) is 0 Å². The molecule has 0 aliphatic rings. The number of nitrogens with zero attached hydrogens (tertiary/aromatic N) is 2. The first-order valence-corrected chi connectivity index (χ1v) is 8.27. The number of nitrogens with one attached hydrogen (secondary N) is 2. The van der Waals surface area contributed by atoms with Crippen molar-refractivity contribution in [2.24, 2.45) is 0 Å². The summed E-state index contributed by atoms with van der Waals surface area (Å²) in [6.07, 6.45) is 1.27. The maximum atomic E-state index is 12.1. The molecular weight excluding hydrogens is 316 g/mol. The Labute approximate surface area is 130 Å². The van der Waals surface area contributed by atoms with Gasteiger partial charge in [-0.1, -0.05) is 11.6 Å². The summed E-state index contributed by atoms with van der Waals surface area (Å²) in [5, 5.41) is 3.04. The molecule has 0 bridgehead atoms. The van der Waals surface area contributed by atoms with E-state index in [-0.39, 0.29) is 9.92 Å². The molecule has 7 nitrogen and oxygen atoms in total. The van der Waals surface area contributed by atoms with Crippen LogP contribution in [0.5, 0.6) is 0 Å². The quantitative estimate of drug-likeness (QED) is 0.688. The molecule has 0 aliphatic carbocycles. The van der Waals surface area contributed by atoms with Crippen LogP contribution >= 0.6 is 11.6 Å². The number of rotatable bonds is 9. The number of halogens is 1. The minimum absolute atomic E-state index is 0.0473. The van der Waals surface area contributed by atoms with Crippen molar-refractivity contribution in [3.05, 3.63) is 17.3 Å². The maximum absolute atomic E-state index is 12.1. The van der Waals surface area contributed by atoms with Gasteiger partial charge in [0.05, 0.1) is 11.6 Å². The van der Waals surface area contributed by atoms with E-state index in [1.54, 1.807) is 14.2 Å². The number of likely N-dealkylation sites (N-methyl/N-ethyl adjacent to an activating group) is 1. The molecule has 1 aromatic rings. The van der Waals surface area contributed by atoms with Crippen molar-refractivity contribution < 1.29 is 13.2 Å². The molecule has 0 aromatic carbocycles. The average Bonchev–Trinajstić information content (AvgIpc) is 2.44. The molecule has 0 saturated heterocycles. The first-order valence-electron chi connectivity index (χ1n) is 6.41. The highest BCUT2D eigenvalue weighted by Crippen LogP contribution is 2.21. The van der Waals surface area contributed by atoms with Gasteiger partial charge >= 0.3 is 0 Å². The lowest BCUT2D eigenvalue weighted by Gasteiger charge is -2.16. The molecular formula is C12H21ClN4O3S.